The maximum Gasteiger partial charge on any atom is 0.338 e. The molecule has 6 unspecified atom stereocenters. The number of methoxy groups -OCH3 is 1. The summed E-state index contributed by atoms with van der Waals surface area (Å²) in [5.41, 5.74) is 1.21. The molecule has 0 radical (unpaired) electrons. The van der Waals surface area contributed by atoms with Crippen LogP contribution in [0.2, 0.25) is 0 Å². The minimum Gasteiger partial charge on any atom is -0.450 e. The number of ether oxygens (including phenoxy) is 5. The van der Waals surface area contributed by atoms with E-state index in [-0.39, 0.29) is 6.61 Å². The standard InChI is InChI=1S/C21H22O7/c1-24-21-18(27-19(23)13-8-4-2-5-9-13)16(22)17-15(26-21)12-25-20(28-17)14-10-6-3-7-11-14/h2-11,15-18,20-22H,12H2,1H3. The molecule has 2 aromatic rings. The van der Waals surface area contributed by atoms with Gasteiger partial charge in [0.2, 0.25) is 0 Å². The van der Waals surface area contributed by atoms with Crippen LogP contribution in [0.3, 0.4) is 0 Å². The number of esters is 1. The van der Waals surface area contributed by atoms with Crippen LogP contribution in [-0.2, 0) is 23.7 Å². The van der Waals surface area contributed by atoms with Gasteiger partial charge in [-0.3, -0.25) is 0 Å². The molecule has 2 aromatic carbocycles. The van der Waals surface area contributed by atoms with Gasteiger partial charge in [0, 0.05) is 12.7 Å². The number of hydrogen-bond donors (Lipinski definition) is 1. The normalized spacial score (nSPS) is 32.4. The zero-order valence-corrected chi connectivity index (χ0v) is 15.3. The van der Waals surface area contributed by atoms with Gasteiger partial charge in [-0.05, 0) is 12.1 Å². The van der Waals surface area contributed by atoms with E-state index in [0.29, 0.717) is 5.56 Å². The summed E-state index contributed by atoms with van der Waals surface area (Å²) in [5, 5.41) is 10.9. The fourth-order valence-corrected chi connectivity index (χ4v) is 3.43. The highest BCUT2D eigenvalue weighted by molar-refractivity contribution is 5.89. The highest BCUT2D eigenvalue weighted by Crippen LogP contribution is 2.35. The highest BCUT2D eigenvalue weighted by atomic mass is 16.8. The second kappa shape index (κ2) is 8.38. The van der Waals surface area contributed by atoms with Crippen LogP contribution in [0.1, 0.15) is 22.2 Å². The first-order valence-corrected chi connectivity index (χ1v) is 9.11. The molecule has 2 saturated heterocycles. The van der Waals surface area contributed by atoms with Gasteiger partial charge in [0.1, 0.15) is 18.3 Å². The lowest BCUT2D eigenvalue weighted by molar-refractivity contribution is -0.357. The van der Waals surface area contributed by atoms with Crippen molar-refractivity contribution in [2.45, 2.75) is 37.0 Å². The van der Waals surface area contributed by atoms with Crippen LogP contribution in [0.25, 0.3) is 0 Å². The lowest BCUT2D eigenvalue weighted by Crippen LogP contribution is -2.63. The van der Waals surface area contributed by atoms with Gasteiger partial charge in [0.25, 0.3) is 0 Å². The first-order chi connectivity index (χ1) is 13.7. The third kappa shape index (κ3) is 3.80. The maximum atomic E-state index is 12.5. The predicted molar refractivity (Wildman–Crippen MR) is 97.3 cm³/mol. The van der Waals surface area contributed by atoms with Crippen molar-refractivity contribution in [1.82, 2.24) is 0 Å². The number of rotatable bonds is 4. The van der Waals surface area contributed by atoms with Crippen molar-refractivity contribution in [1.29, 1.82) is 0 Å². The molecule has 0 aromatic heterocycles. The van der Waals surface area contributed by atoms with Crippen LogP contribution in [0.5, 0.6) is 0 Å². The monoisotopic (exact) mass is 386 g/mol. The van der Waals surface area contributed by atoms with Gasteiger partial charge in [0.05, 0.1) is 12.2 Å². The van der Waals surface area contributed by atoms with Crippen LogP contribution in [-0.4, -0.2) is 55.5 Å². The smallest absolute Gasteiger partial charge is 0.338 e. The van der Waals surface area contributed by atoms with Gasteiger partial charge in [-0.15, -0.1) is 0 Å². The minimum atomic E-state index is -1.13. The van der Waals surface area contributed by atoms with E-state index in [9.17, 15) is 9.90 Å². The van der Waals surface area contributed by atoms with Gasteiger partial charge in [-0.2, -0.15) is 0 Å². The molecular weight excluding hydrogens is 364 g/mol. The molecule has 0 spiro atoms. The molecule has 2 heterocycles. The van der Waals surface area contributed by atoms with E-state index in [1.165, 1.54) is 7.11 Å². The highest BCUT2D eigenvalue weighted by Gasteiger charge is 2.51. The van der Waals surface area contributed by atoms with Gasteiger partial charge >= 0.3 is 5.97 Å². The van der Waals surface area contributed by atoms with Crippen LogP contribution in [0.4, 0.5) is 0 Å². The quantitative estimate of drug-likeness (QED) is 0.806. The van der Waals surface area contributed by atoms with E-state index in [2.05, 4.69) is 0 Å². The number of hydrogen-bond acceptors (Lipinski definition) is 7. The summed E-state index contributed by atoms with van der Waals surface area (Å²) < 4.78 is 28.4. The summed E-state index contributed by atoms with van der Waals surface area (Å²) in [6.45, 7) is 0.223. The number of carbonyl (C=O) groups excluding carboxylic acids is 1. The van der Waals surface area contributed by atoms with Crippen LogP contribution >= 0.6 is 0 Å². The van der Waals surface area contributed by atoms with E-state index < -0.39 is 43.0 Å². The summed E-state index contributed by atoms with van der Waals surface area (Å²) in [7, 11) is 1.43. The Bertz CT molecular complexity index is 782. The summed E-state index contributed by atoms with van der Waals surface area (Å²) in [6, 6.07) is 18.0. The third-order valence-corrected chi connectivity index (χ3v) is 4.87. The molecule has 6 atom stereocenters. The lowest BCUT2D eigenvalue weighted by Gasteiger charge is -2.46. The van der Waals surface area contributed by atoms with Crippen molar-refractivity contribution in [2.75, 3.05) is 13.7 Å². The Labute approximate surface area is 162 Å². The Balaban J connectivity index is 1.50. The molecule has 0 saturated carbocycles. The lowest BCUT2D eigenvalue weighted by atomic mass is 9.97. The molecule has 7 nitrogen and oxygen atoms in total. The van der Waals surface area contributed by atoms with E-state index in [4.69, 9.17) is 23.7 Å². The van der Waals surface area contributed by atoms with E-state index in [1.807, 2.05) is 30.3 Å². The zero-order chi connectivity index (χ0) is 19.5. The Hall–Kier alpha value is -2.29. The van der Waals surface area contributed by atoms with Crippen molar-refractivity contribution in [3.8, 4) is 0 Å². The number of aliphatic hydroxyl groups is 1. The Morgan fingerprint density at radius 3 is 2.39 bits per heavy atom. The molecule has 2 aliphatic rings. The fourth-order valence-electron chi connectivity index (χ4n) is 3.43. The second-order valence-electron chi connectivity index (χ2n) is 6.68. The van der Waals surface area contributed by atoms with Crippen LogP contribution in [0, 0.1) is 0 Å². The minimum absolute atomic E-state index is 0.223. The van der Waals surface area contributed by atoms with Crippen molar-refractivity contribution in [2.24, 2.45) is 0 Å². The second-order valence-corrected chi connectivity index (χ2v) is 6.68. The van der Waals surface area contributed by atoms with E-state index >= 15 is 0 Å². The van der Waals surface area contributed by atoms with Gasteiger partial charge in [0.15, 0.2) is 18.7 Å². The van der Waals surface area contributed by atoms with Gasteiger partial charge in [-0.1, -0.05) is 48.5 Å². The van der Waals surface area contributed by atoms with E-state index in [0.717, 1.165) is 5.56 Å². The maximum absolute atomic E-state index is 12.5. The average molecular weight is 386 g/mol. The number of aliphatic hydroxyl groups excluding tert-OH is 1. The fraction of sp³-hybridized carbons (Fsp3) is 0.381. The summed E-state index contributed by atoms with van der Waals surface area (Å²) >= 11 is 0. The van der Waals surface area contributed by atoms with Crippen molar-refractivity contribution in [3.05, 3.63) is 71.8 Å². The first kappa shape index (κ1) is 19.0. The Morgan fingerprint density at radius 2 is 1.71 bits per heavy atom. The molecule has 7 heteroatoms. The number of fused-ring (bicyclic) bond motifs is 1. The predicted octanol–water partition coefficient (Wildman–Crippen LogP) is 2.06. The molecule has 2 fully saturated rings. The topological polar surface area (TPSA) is 83.5 Å². The molecule has 4 rings (SSSR count). The Morgan fingerprint density at radius 1 is 1.04 bits per heavy atom. The molecule has 148 valence electrons. The van der Waals surface area contributed by atoms with E-state index in [1.54, 1.807) is 30.3 Å². The third-order valence-electron chi connectivity index (χ3n) is 4.87. The average Bonchev–Trinajstić information content (AvgIpc) is 2.76. The van der Waals surface area contributed by atoms with Gasteiger partial charge in [-0.25, -0.2) is 4.79 Å². The molecule has 28 heavy (non-hydrogen) atoms. The summed E-state index contributed by atoms with van der Waals surface area (Å²) in [5.74, 6) is -0.569. The summed E-state index contributed by atoms with van der Waals surface area (Å²) in [6.07, 6.45) is -4.99. The Kier molecular flexibility index (Phi) is 5.70. The van der Waals surface area contributed by atoms with Crippen molar-refractivity contribution >= 4 is 5.97 Å². The molecule has 2 aliphatic heterocycles. The molecule has 0 amide bonds. The largest absolute Gasteiger partial charge is 0.450 e. The molecular formula is C21H22O7. The first-order valence-electron chi connectivity index (χ1n) is 9.11. The molecule has 1 N–H and O–H groups in total. The van der Waals surface area contributed by atoms with Crippen LogP contribution in [0.15, 0.2) is 60.7 Å². The summed E-state index contributed by atoms with van der Waals surface area (Å²) in [4.78, 5) is 12.5. The SMILES string of the molecule is COC1OC2COC(c3ccccc3)OC2C(O)C1OC(=O)c1ccccc1. The number of benzene rings is 2. The molecule has 0 aliphatic carbocycles. The van der Waals surface area contributed by atoms with Crippen molar-refractivity contribution < 1.29 is 33.6 Å². The number of carbonyl (C=O) groups is 1. The van der Waals surface area contributed by atoms with Gasteiger partial charge < -0.3 is 28.8 Å². The van der Waals surface area contributed by atoms with Crippen LogP contribution < -0.4 is 0 Å². The molecule has 0 bridgehead atoms. The van der Waals surface area contributed by atoms with Crippen molar-refractivity contribution in [3.63, 3.8) is 0 Å². The zero-order valence-electron chi connectivity index (χ0n) is 15.3.